The van der Waals surface area contributed by atoms with Crippen molar-refractivity contribution in [2.75, 3.05) is 18.5 Å². The number of aromatic nitrogens is 1. The molecule has 0 radical (unpaired) electrons. The van der Waals surface area contributed by atoms with Gasteiger partial charge in [0.15, 0.2) is 11.5 Å². The standard InChI is InChI=1S/C32H30BrCl2F2NO7/c33-12-30(39)43-17-22-9-21(6-7-26(22)41-15-18-1-2-18)31(40)44-28(11-23-24(34)13-38-14-25(23)35)20-5-8-27(45-32(36)37)29(10-20)42-16-19-3-4-19/h5-10,13-14,18-19,28,32H,1-4,11-12,15-17H2. The van der Waals surface area contributed by atoms with E-state index in [-0.39, 0.29) is 45.5 Å². The molecule has 0 aliphatic heterocycles. The van der Waals surface area contributed by atoms with Crippen LogP contribution in [0.4, 0.5) is 8.78 Å². The number of pyridine rings is 1. The monoisotopic (exact) mass is 727 g/mol. The summed E-state index contributed by atoms with van der Waals surface area (Å²) in [5.41, 5.74) is 1.60. The van der Waals surface area contributed by atoms with Crippen LogP contribution >= 0.6 is 39.1 Å². The molecule has 45 heavy (non-hydrogen) atoms. The lowest BCUT2D eigenvalue weighted by molar-refractivity contribution is -0.141. The largest absolute Gasteiger partial charge is 0.493 e. The molecular weight excluding hydrogens is 699 g/mol. The molecule has 3 aromatic rings. The second-order valence-electron chi connectivity index (χ2n) is 10.9. The SMILES string of the molecule is O=C(CBr)OCc1cc(C(=O)OC(Cc2c(Cl)cncc2Cl)c2ccc(OC(F)F)c(OCC3CC3)c2)ccc1OCC1CC1. The number of carbonyl (C=O) groups excluding carboxylic acids is 2. The van der Waals surface area contributed by atoms with Gasteiger partial charge in [-0.2, -0.15) is 8.78 Å². The van der Waals surface area contributed by atoms with Crippen LogP contribution in [0.25, 0.3) is 0 Å². The number of halogens is 5. The second-order valence-corrected chi connectivity index (χ2v) is 12.3. The van der Waals surface area contributed by atoms with E-state index in [9.17, 15) is 18.4 Å². The summed E-state index contributed by atoms with van der Waals surface area (Å²) in [5, 5.41) is 0.543. The third kappa shape index (κ3) is 9.67. The average molecular weight is 729 g/mol. The van der Waals surface area contributed by atoms with Gasteiger partial charge >= 0.3 is 18.6 Å². The number of carbonyl (C=O) groups is 2. The van der Waals surface area contributed by atoms with Crippen molar-refractivity contribution >= 4 is 51.1 Å². The van der Waals surface area contributed by atoms with Gasteiger partial charge in [0.25, 0.3) is 0 Å². The van der Waals surface area contributed by atoms with Crippen LogP contribution in [0, 0.1) is 11.8 Å². The lowest BCUT2D eigenvalue weighted by Gasteiger charge is -2.22. The van der Waals surface area contributed by atoms with Crippen molar-refractivity contribution in [2.24, 2.45) is 11.8 Å². The Morgan fingerprint density at radius 3 is 2.18 bits per heavy atom. The maximum Gasteiger partial charge on any atom is 0.387 e. The van der Waals surface area contributed by atoms with Crippen LogP contribution in [0.1, 0.15) is 58.8 Å². The van der Waals surface area contributed by atoms with Gasteiger partial charge < -0.3 is 23.7 Å². The molecule has 1 unspecified atom stereocenters. The Kier molecular flexibility index (Phi) is 11.4. The van der Waals surface area contributed by atoms with E-state index in [0.717, 1.165) is 25.7 Å². The topological polar surface area (TPSA) is 93.2 Å². The Labute approximate surface area is 277 Å². The number of hydrogen-bond acceptors (Lipinski definition) is 8. The van der Waals surface area contributed by atoms with Crippen molar-refractivity contribution in [3.8, 4) is 17.2 Å². The Morgan fingerprint density at radius 1 is 0.911 bits per heavy atom. The first-order valence-electron chi connectivity index (χ1n) is 14.4. The molecule has 2 fully saturated rings. The molecule has 0 N–H and O–H groups in total. The van der Waals surface area contributed by atoms with Crippen LogP contribution in [-0.4, -0.2) is 42.1 Å². The summed E-state index contributed by atoms with van der Waals surface area (Å²) in [6.45, 7) is -2.30. The van der Waals surface area contributed by atoms with Crippen molar-refractivity contribution in [1.29, 1.82) is 0 Å². The summed E-state index contributed by atoms with van der Waals surface area (Å²) in [5.74, 6) is 0.119. The Bertz CT molecular complexity index is 1500. The Balaban J connectivity index is 1.44. The van der Waals surface area contributed by atoms with Crippen molar-refractivity contribution < 1.29 is 42.1 Å². The molecule has 2 aliphatic rings. The molecule has 2 aromatic carbocycles. The van der Waals surface area contributed by atoms with Crippen LogP contribution in [0.3, 0.4) is 0 Å². The zero-order valence-corrected chi connectivity index (χ0v) is 27.1. The summed E-state index contributed by atoms with van der Waals surface area (Å²) >= 11 is 15.9. The van der Waals surface area contributed by atoms with Crippen LogP contribution in [0.5, 0.6) is 17.2 Å². The van der Waals surface area contributed by atoms with Crippen molar-refractivity contribution in [1.82, 2.24) is 4.98 Å². The first-order chi connectivity index (χ1) is 21.7. The minimum Gasteiger partial charge on any atom is -0.493 e. The Hall–Kier alpha value is -3.15. The molecule has 1 aromatic heterocycles. The molecule has 0 amide bonds. The smallest absolute Gasteiger partial charge is 0.387 e. The highest BCUT2D eigenvalue weighted by atomic mass is 79.9. The first-order valence-corrected chi connectivity index (χ1v) is 16.3. The number of nitrogens with zero attached hydrogens (tertiary/aromatic N) is 1. The fourth-order valence-corrected chi connectivity index (χ4v) is 5.10. The normalized spacial score (nSPS) is 15.0. The van der Waals surface area contributed by atoms with Gasteiger partial charge in [-0.1, -0.05) is 45.2 Å². The fourth-order valence-electron chi connectivity index (χ4n) is 4.42. The lowest BCUT2D eigenvalue weighted by Crippen LogP contribution is -2.16. The number of rotatable bonds is 16. The Morgan fingerprint density at radius 2 is 1.56 bits per heavy atom. The molecule has 1 heterocycles. The van der Waals surface area contributed by atoms with E-state index < -0.39 is 24.7 Å². The van der Waals surface area contributed by atoms with Gasteiger partial charge in [0, 0.05) is 24.4 Å². The average Bonchev–Trinajstić information content (AvgIpc) is 3.95. The van der Waals surface area contributed by atoms with Gasteiger partial charge in [-0.3, -0.25) is 9.78 Å². The number of ether oxygens (including phenoxy) is 5. The van der Waals surface area contributed by atoms with Crippen LogP contribution in [-0.2, 0) is 27.3 Å². The van der Waals surface area contributed by atoms with E-state index in [1.165, 1.54) is 30.6 Å². The maximum absolute atomic E-state index is 13.6. The summed E-state index contributed by atoms with van der Waals surface area (Å²) in [7, 11) is 0. The van der Waals surface area contributed by atoms with E-state index in [0.29, 0.717) is 47.5 Å². The number of hydrogen-bond donors (Lipinski definition) is 0. The number of alkyl halides is 3. The minimum atomic E-state index is -3.05. The van der Waals surface area contributed by atoms with E-state index in [2.05, 4.69) is 25.7 Å². The van der Waals surface area contributed by atoms with Gasteiger partial charge in [0.1, 0.15) is 23.8 Å². The van der Waals surface area contributed by atoms with Gasteiger partial charge in [0.05, 0.1) is 28.8 Å². The second kappa shape index (κ2) is 15.4. The minimum absolute atomic E-state index is 0.0162. The fraction of sp³-hybridized carbons (Fsp3) is 0.406. The summed E-state index contributed by atoms with van der Waals surface area (Å²) in [6.07, 6.45) is 6.08. The summed E-state index contributed by atoms with van der Waals surface area (Å²) in [4.78, 5) is 29.4. The zero-order chi connectivity index (χ0) is 31.9. The van der Waals surface area contributed by atoms with Gasteiger partial charge in [-0.15, -0.1) is 0 Å². The molecule has 2 saturated carbocycles. The van der Waals surface area contributed by atoms with Crippen molar-refractivity contribution in [2.45, 2.75) is 51.4 Å². The maximum atomic E-state index is 13.6. The molecule has 13 heteroatoms. The molecular formula is C32H30BrCl2F2NO7. The highest BCUT2D eigenvalue weighted by molar-refractivity contribution is 9.09. The number of benzene rings is 2. The predicted molar refractivity (Wildman–Crippen MR) is 166 cm³/mol. The quantitative estimate of drug-likeness (QED) is 0.108. The molecule has 0 saturated heterocycles. The molecule has 5 rings (SSSR count). The number of esters is 2. The predicted octanol–water partition coefficient (Wildman–Crippen LogP) is 8.15. The third-order valence-corrected chi connectivity index (χ3v) is 8.39. The van der Waals surface area contributed by atoms with Crippen LogP contribution < -0.4 is 14.2 Å². The van der Waals surface area contributed by atoms with Crippen LogP contribution in [0.15, 0.2) is 48.8 Å². The van der Waals surface area contributed by atoms with E-state index in [1.54, 1.807) is 18.2 Å². The van der Waals surface area contributed by atoms with E-state index >= 15 is 0 Å². The molecule has 240 valence electrons. The van der Waals surface area contributed by atoms with Crippen LogP contribution in [0.2, 0.25) is 10.0 Å². The van der Waals surface area contributed by atoms with Crippen molar-refractivity contribution in [3.05, 3.63) is 81.1 Å². The molecule has 0 spiro atoms. The summed E-state index contributed by atoms with van der Waals surface area (Å²) < 4.78 is 54.1. The molecule has 0 bridgehead atoms. The van der Waals surface area contributed by atoms with Gasteiger partial charge in [0.2, 0.25) is 0 Å². The van der Waals surface area contributed by atoms with Gasteiger partial charge in [-0.25, -0.2) is 4.79 Å². The highest BCUT2D eigenvalue weighted by Gasteiger charge is 2.27. The first kappa shape index (κ1) is 33.2. The van der Waals surface area contributed by atoms with E-state index in [4.69, 9.17) is 42.1 Å². The highest BCUT2D eigenvalue weighted by Crippen LogP contribution is 2.38. The summed E-state index contributed by atoms with van der Waals surface area (Å²) in [6, 6.07) is 9.14. The molecule has 2 aliphatic carbocycles. The zero-order valence-electron chi connectivity index (χ0n) is 24.0. The van der Waals surface area contributed by atoms with Crippen molar-refractivity contribution in [3.63, 3.8) is 0 Å². The lowest BCUT2D eigenvalue weighted by atomic mass is 10.0. The van der Waals surface area contributed by atoms with E-state index in [1.807, 2.05) is 0 Å². The molecule has 8 nitrogen and oxygen atoms in total. The molecule has 1 atom stereocenters. The third-order valence-electron chi connectivity index (χ3n) is 7.28. The van der Waals surface area contributed by atoms with Gasteiger partial charge in [-0.05, 0) is 79.0 Å².